The number of hydrogen-bond donors (Lipinski definition) is 1. The third-order valence-corrected chi connectivity index (χ3v) is 4.00. The van der Waals surface area contributed by atoms with Crippen LogP contribution in [0.3, 0.4) is 0 Å². The van der Waals surface area contributed by atoms with E-state index >= 15 is 0 Å². The molecule has 1 unspecified atom stereocenters. The van der Waals surface area contributed by atoms with Crippen LogP contribution in [0.25, 0.3) is 0 Å². The Hall–Kier alpha value is -1.16. The normalized spacial score (nSPS) is 18.3. The molecule has 106 valence electrons. The molecule has 0 radical (unpaired) electrons. The molecule has 0 amide bonds. The topological polar surface area (TPSA) is 47.0 Å². The van der Waals surface area contributed by atoms with Crippen molar-refractivity contribution in [2.75, 3.05) is 19.5 Å². The fraction of sp³-hybridized carbons (Fsp3) is 0.733. The van der Waals surface area contributed by atoms with E-state index in [0.29, 0.717) is 5.92 Å². The van der Waals surface area contributed by atoms with Gasteiger partial charge in [0.1, 0.15) is 11.9 Å². The van der Waals surface area contributed by atoms with Crippen LogP contribution in [0.5, 0.6) is 0 Å². The number of aryl methyl sites for hydroxylation is 1. The molecule has 1 N–H and O–H groups in total. The molecule has 2 rings (SSSR count). The molecule has 4 heteroatoms. The predicted molar refractivity (Wildman–Crippen MR) is 77.3 cm³/mol. The molecule has 19 heavy (non-hydrogen) atoms. The molecule has 1 atom stereocenters. The van der Waals surface area contributed by atoms with Crippen molar-refractivity contribution in [2.24, 2.45) is 5.92 Å². The lowest BCUT2D eigenvalue weighted by molar-refractivity contribution is 0.0289. The standard InChI is InChI=1S/C15H25N3O/c1-4-12-10-13(16-2)18-15(17-12)14(19-3)11-8-6-5-7-9-11/h10-11,14H,4-9H2,1-3H3,(H,16,17,18). The number of rotatable bonds is 5. The van der Waals surface area contributed by atoms with Crippen LogP contribution in [0.1, 0.15) is 56.7 Å². The van der Waals surface area contributed by atoms with Crippen molar-refractivity contribution in [3.8, 4) is 0 Å². The van der Waals surface area contributed by atoms with Crippen LogP contribution in [0.4, 0.5) is 5.82 Å². The van der Waals surface area contributed by atoms with E-state index in [9.17, 15) is 0 Å². The second-order valence-corrected chi connectivity index (χ2v) is 5.26. The predicted octanol–water partition coefficient (Wildman–Crippen LogP) is 3.35. The van der Waals surface area contributed by atoms with E-state index in [0.717, 1.165) is 23.8 Å². The van der Waals surface area contributed by atoms with Crippen molar-refractivity contribution < 1.29 is 4.74 Å². The molecule has 0 spiro atoms. The highest BCUT2D eigenvalue weighted by Gasteiger charge is 2.27. The number of nitrogens with zero attached hydrogens (tertiary/aromatic N) is 2. The van der Waals surface area contributed by atoms with Gasteiger partial charge in [-0.15, -0.1) is 0 Å². The SMILES string of the molecule is CCc1cc(NC)nc(C(OC)C2CCCCC2)n1. The number of aromatic nitrogens is 2. The largest absolute Gasteiger partial charge is 0.373 e. The van der Waals surface area contributed by atoms with Crippen LogP contribution >= 0.6 is 0 Å². The minimum Gasteiger partial charge on any atom is -0.373 e. The van der Waals surface area contributed by atoms with Crippen molar-refractivity contribution in [3.05, 3.63) is 17.6 Å². The molecule has 0 aliphatic heterocycles. The summed E-state index contributed by atoms with van der Waals surface area (Å²) in [6.07, 6.45) is 7.38. The van der Waals surface area contributed by atoms with Gasteiger partial charge in [-0.05, 0) is 25.2 Å². The van der Waals surface area contributed by atoms with Gasteiger partial charge < -0.3 is 10.1 Å². The summed E-state index contributed by atoms with van der Waals surface area (Å²) in [7, 11) is 3.67. The number of ether oxygens (including phenoxy) is 1. The zero-order valence-electron chi connectivity index (χ0n) is 12.3. The maximum absolute atomic E-state index is 5.72. The van der Waals surface area contributed by atoms with E-state index in [4.69, 9.17) is 4.74 Å². The summed E-state index contributed by atoms with van der Waals surface area (Å²) < 4.78 is 5.72. The molecular weight excluding hydrogens is 238 g/mol. The Kier molecular flexibility index (Phi) is 5.14. The summed E-state index contributed by atoms with van der Waals surface area (Å²) in [6.45, 7) is 2.12. The van der Waals surface area contributed by atoms with E-state index in [1.54, 1.807) is 7.11 Å². The van der Waals surface area contributed by atoms with Crippen LogP contribution in [0.2, 0.25) is 0 Å². The first-order chi connectivity index (χ1) is 9.28. The van der Waals surface area contributed by atoms with Gasteiger partial charge in [-0.2, -0.15) is 0 Å². The molecule has 1 aromatic rings. The molecule has 1 saturated carbocycles. The van der Waals surface area contributed by atoms with Gasteiger partial charge in [-0.3, -0.25) is 0 Å². The van der Waals surface area contributed by atoms with Gasteiger partial charge in [0.2, 0.25) is 0 Å². The Labute approximate surface area is 116 Å². The summed E-state index contributed by atoms with van der Waals surface area (Å²) in [5.41, 5.74) is 1.08. The minimum atomic E-state index is 0.0406. The first kappa shape index (κ1) is 14.3. The average Bonchev–Trinajstić information content (AvgIpc) is 2.48. The smallest absolute Gasteiger partial charge is 0.159 e. The number of nitrogens with one attached hydrogen (secondary N) is 1. The van der Waals surface area contributed by atoms with Gasteiger partial charge in [-0.1, -0.05) is 26.2 Å². The zero-order chi connectivity index (χ0) is 13.7. The summed E-state index contributed by atoms with van der Waals surface area (Å²) in [5.74, 6) is 2.30. The fourth-order valence-electron chi connectivity index (χ4n) is 2.90. The number of hydrogen-bond acceptors (Lipinski definition) is 4. The highest BCUT2D eigenvalue weighted by molar-refractivity contribution is 5.35. The molecule has 1 aromatic heterocycles. The molecule has 1 aliphatic carbocycles. The molecule has 0 saturated heterocycles. The molecule has 1 heterocycles. The zero-order valence-corrected chi connectivity index (χ0v) is 12.3. The van der Waals surface area contributed by atoms with Crippen molar-refractivity contribution >= 4 is 5.82 Å². The van der Waals surface area contributed by atoms with Gasteiger partial charge in [0.15, 0.2) is 5.82 Å². The average molecular weight is 263 g/mol. The maximum Gasteiger partial charge on any atom is 0.159 e. The van der Waals surface area contributed by atoms with Gasteiger partial charge in [0.05, 0.1) is 0 Å². The summed E-state index contributed by atoms with van der Waals surface area (Å²) in [6, 6.07) is 2.01. The van der Waals surface area contributed by atoms with Crippen LogP contribution in [-0.4, -0.2) is 24.1 Å². The quantitative estimate of drug-likeness (QED) is 0.885. The van der Waals surface area contributed by atoms with Crippen LogP contribution in [0.15, 0.2) is 6.07 Å². The minimum absolute atomic E-state index is 0.0406. The van der Waals surface area contributed by atoms with E-state index in [-0.39, 0.29) is 6.10 Å². The van der Waals surface area contributed by atoms with Gasteiger partial charge in [0, 0.05) is 25.9 Å². The van der Waals surface area contributed by atoms with E-state index in [1.807, 2.05) is 13.1 Å². The Morgan fingerprint density at radius 3 is 2.63 bits per heavy atom. The second-order valence-electron chi connectivity index (χ2n) is 5.26. The maximum atomic E-state index is 5.72. The summed E-state index contributed by atoms with van der Waals surface area (Å²) >= 11 is 0. The Morgan fingerprint density at radius 2 is 2.05 bits per heavy atom. The van der Waals surface area contributed by atoms with Crippen LogP contribution < -0.4 is 5.32 Å². The molecule has 4 nitrogen and oxygen atoms in total. The summed E-state index contributed by atoms with van der Waals surface area (Å²) in [5, 5.41) is 3.12. The van der Waals surface area contributed by atoms with Crippen molar-refractivity contribution in [2.45, 2.75) is 51.6 Å². The highest BCUT2D eigenvalue weighted by Crippen LogP contribution is 2.35. The lowest BCUT2D eigenvalue weighted by Crippen LogP contribution is -2.21. The Balaban J connectivity index is 2.25. The molecular formula is C15H25N3O. The van der Waals surface area contributed by atoms with Crippen LogP contribution in [-0.2, 0) is 11.2 Å². The second kappa shape index (κ2) is 6.85. The third kappa shape index (κ3) is 3.44. The first-order valence-corrected chi connectivity index (χ1v) is 7.36. The highest BCUT2D eigenvalue weighted by atomic mass is 16.5. The Bertz CT molecular complexity index is 380. The number of methoxy groups -OCH3 is 1. The lowest BCUT2D eigenvalue weighted by atomic mass is 9.85. The van der Waals surface area contributed by atoms with Gasteiger partial charge >= 0.3 is 0 Å². The van der Waals surface area contributed by atoms with Crippen molar-refractivity contribution in [3.63, 3.8) is 0 Å². The van der Waals surface area contributed by atoms with Gasteiger partial charge in [-0.25, -0.2) is 9.97 Å². The third-order valence-electron chi connectivity index (χ3n) is 4.00. The Morgan fingerprint density at radius 1 is 1.32 bits per heavy atom. The van der Waals surface area contributed by atoms with Crippen LogP contribution in [0, 0.1) is 5.92 Å². The molecule has 1 fully saturated rings. The molecule has 1 aliphatic rings. The van der Waals surface area contributed by atoms with Gasteiger partial charge in [0.25, 0.3) is 0 Å². The van der Waals surface area contributed by atoms with E-state index in [2.05, 4.69) is 22.2 Å². The first-order valence-electron chi connectivity index (χ1n) is 7.36. The fourth-order valence-corrected chi connectivity index (χ4v) is 2.90. The van der Waals surface area contributed by atoms with E-state index in [1.165, 1.54) is 32.1 Å². The summed E-state index contributed by atoms with van der Waals surface area (Å²) in [4.78, 5) is 9.27. The molecule has 0 aromatic carbocycles. The van der Waals surface area contributed by atoms with E-state index < -0.39 is 0 Å². The lowest BCUT2D eigenvalue weighted by Gasteiger charge is -2.28. The number of anilines is 1. The monoisotopic (exact) mass is 263 g/mol. The van der Waals surface area contributed by atoms with Crippen molar-refractivity contribution in [1.82, 2.24) is 9.97 Å². The van der Waals surface area contributed by atoms with Crippen molar-refractivity contribution in [1.29, 1.82) is 0 Å². The molecule has 0 bridgehead atoms.